The van der Waals surface area contributed by atoms with Crippen LogP contribution in [0.1, 0.15) is 0 Å². The Labute approximate surface area is 63.8 Å². The minimum Gasteiger partial charge on any atom is -0.394 e. The van der Waals surface area contributed by atoms with E-state index in [1.54, 1.807) is 0 Å². The third kappa shape index (κ3) is 1.69. The molecule has 0 amide bonds. The van der Waals surface area contributed by atoms with Gasteiger partial charge in [0.15, 0.2) is 0 Å². The van der Waals surface area contributed by atoms with Gasteiger partial charge in [-0.3, -0.25) is 0 Å². The molecule has 5 heteroatoms. The average Bonchev–Trinajstić information content (AvgIpc) is 2.32. The number of hydrogen-bond donors (Lipinski definition) is 4. The predicted molar refractivity (Wildman–Crippen MR) is 34.8 cm³/mol. The molecule has 0 radical (unpaired) electrons. The van der Waals surface area contributed by atoms with E-state index < -0.39 is 31.0 Å². The van der Waals surface area contributed by atoms with Gasteiger partial charge in [0.2, 0.25) is 0 Å². The first-order valence-electron chi connectivity index (χ1n) is 3.43. The SMILES string of the molecule is OC[C@@H](O)[C@@H]1OCC(O)[C@H]1O. The van der Waals surface area contributed by atoms with Gasteiger partial charge in [0, 0.05) is 0 Å². The van der Waals surface area contributed by atoms with Gasteiger partial charge in [0.1, 0.15) is 24.4 Å². The van der Waals surface area contributed by atoms with Crippen LogP contribution in [0, 0.1) is 0 Å². The number of aliphatic hydroxyl groups is 4. The molecule has 0 saturated carbocycles. The summed E-state index contributed by atoms with van der Waals surface area (Å²) in [5.41, 5.74) is 0. The summed E-state index contributed by atoms with van der Waals surface area (Å²) in [5, 5.41) is 35.5. The number of ether oxygens (including phenoxy) is 1. The van der Waals surface area contributed by atoms with Crippen LogP contribution in [-0.4, -0.2) is 58.1 Å². The van der Waals surface area contributed by atoms with Crippen LogP contribution >= 0.6 is 0 Å². The molecule has 4 N–H and O–H groups in total. The van der Waals surface area contributed by atoms with Crippen LogP contribution in [0.5, 0.6) is 0 Å². The van der Waals surface area contributed by atoms with Gasteiger partial charge in [0.25, 0.3) is 0 Å². The highest BCUT2D eigenvalue weighted by Gasteiger charge is 2.38. The minimum absolute atomic E-state index is 0.00287. The van der Waals surface area contributed by atoms with E-state index >= 15 is 0 Å². The van der Waals surface area contributed by atoms with Crippen molar-refractivity contribution in [3.8, 4) is 0 Å². The van der Waals surface area contributed by atoms with Crippen molar-refractivity contribution in [1.82, 2.24) is 0 Å². The molecular formula is C6H12O5. The topological polar surface area (TPSA) is 90.2 Å². The van der Waals surface area contributed by atoms with E-state index in [1.165, 1.54) is 0 Å². The van der Waals surface area contributed by atoms with Crippen LogP contribution < -0.4 is 0 Å². The maximum Gasteiger partial charge on any atom is 0.114 e. The lowest BCUT2D eigenvalue weighted by Gasteiger charge is -2.18. The molecule has 1 aliphatic rings. The van der Waals surface area contributed by atoms with Crippen molar-refractivity contribution in [3.63, 3.8) is 0 Å². The molecule has 1 aliphatic heterocycles. The van der Waals surface area contributed by atoms with Gasteiger partial charge in [-0.1, -0.05) is 0 Å². The molecule has 0 aromatic rings. The Hall–Kier alpha value is -0.200. The van der Waals surface area contributed by atoms with Crippen LogP contribution in [-0.2, 0) is 4.74 Å². The fourth-order valence-corrected chi connectivity index (χ4v) is 1.07. The summed E-state index contributed by atoms with van der Waals surface area (Å²) in [4.78, 5) is 0. The summed E-state index contributed by atoms with van der Waals surface area (Å²) in [6.45, 7) is -0.475. The summed E-state index contributed by atoms with van der Waals surface area (Å²) in [7, 11) is 0. The molecule has 0 aromatic carbocycles. The van der Waals surface area contributed by atoms with Crippen LogP contribution in [0.4, 0.5) is 0 Å². The first kappa shape index (κ1) is 8.89. The Bertz CT molecular complexity index is 128. The lowest BCUT2D eigenvalue weighted by molar-refractivity contribution is -0.0684. The van der Waals surface area contributed by atoms with Crippen molar-refractivity contribution in [2.24, 2.45) is 0 Å². The lowest BCUT2D eigenvalue weighted by atomic mass is 10.1. The summed E-state index contributed by atoms with van der Waals surface area (Å²) in [6.07, 6.45) is -4.05. The maximum atomic E-state index is 9.11. The second kappa shape index (κ2) is 3.46. The summed E-state index contributed by atoms with van der Waals surface area (Å²) in [6, 6.07) is 0. The van der Waals surface area contributed by atoms with Gasteiger partial charge in [-0.15, -0.1) is 0 Å². The van der Waals surface area contributed by atoms with Crippen molar-refractivity contribution < 1.29 is 25.2 Å². The molecule has 5 nitrogen and oxygen atoms in total. The van der Waals surface area contributed by atoms with E-state index in [-0.39, 0.29) is 6.61 Å². The van der Waals surface area contributed by atoms with Crippen molar-refractivity contribution >= 4 is 0 Å². The molecule has 1 heterocycles. The van der Waals surface area contributed by atoms with E-state index in [4.69, 9.17) is 25.2 Å². The number of aliphatic hydroxyl groups excluding tert-OH is 4. The van der Waals surface area contributed by atoms with Crippen molar-refractivity contribution in [1.29, 1.82) is 0 Å². The maximum absolute atomic E-state index is 9.11. The molecule has 0 spiro atoms. The van der Waals surface area contributed by atoms with Crippen molar-refractivity contribution in [2.75, 3.05) is 13.2 Å². The molecular weight excluding hydrogens is 152 g/mol. The van der Waals surface area contributed by atoms with Crippen LogP contribution in [0.3, 0.4) is 0 Å². The van der Waals surface area contributed by atoms with Gasteiger partial charge < -0.3 is 25.2 Å². The van der Waals surface area contributed by atoms with E-state index in [0.717, 1.165) is 0 Å². The normalized spacial score (nSPS) is 40.9. The lowest BCUT2D eigenvalue weighted by Crippen LogP contribution is -2.40. The van der Waals surface area contributed by atoms with Crippen LogP contribution in [0.25, 0.3) is 0 Å². The highest BCUT2D eigenvalue weighted by molar-refractivity contribution is 4.87. The Morgan fingerprint density at radius 3 is 2.45 bits per heavy atom. The van der Waals surface area contributed by atoms with Gasteiger partial charge >= 0.3 is 0 Å². The standard InChI is InChI=1S/C6H12O5/c7-1-3(8)6-5(10)4(9)2-11-6/h3-10H,1-2H2/t3-,4?,5-,6+/m1/s1. The fourth-order valence-electron chi connectivity index (χ4n) is 1.07. The molecule has 1 rings (SSSR count). The Morgan fingerprint density at radius 1 is 1.45 bits per heavy atom. The van der Waals surface area contributed by atoms with Gasteiger partial charge in [-0.25, -0.2) is 0 Å². The number of hydrogen-bond acceptors (Lipinski definition) is 5. The van der Waals surface area contributed by atoms with Gasteiger partial charge in [0.05, 0.1) is 13.2 Å². The van der Waals surface area contributed by atoms with Crippen LogP contribution in [0.15, 0.2) is 0 Å². The molecule has 4 atom stereocenters. The number of rotatable bonds is 2. The molecule has 0 bridgehead atoms. The minimum atomic E-state index is -1.12. The first-order chi connectivity index (χ1) is 5.16. The second-order valence-corrected chi connectivity index (χ2v) is 2.61. The quantitative estimate of drug-likeness (QED) is 0.361. The van der Waals surface area contributed by atoms with Gasteiger partial charge in [-0.05, 0) is 0 Å². The monoisotopic (exact) mass is 164 g/mol. The van der Waals surface area contributed by atoms with Crippen LogP contribution in [0.2, 0.25) is 0 Å². The Morgan fingerprint density at radius 2 is 2.09 bits per heavy atom. The van der Waals surface area contributed by atoms with Crippen molar-refractivity contribution in [3.05, 3.63) is 0 Å². The molecule has 1 fully saturated rings. The molecule has 11 heavy (non-hydrogen) atoms. The zero-order chi connectivity index (χ0) is 8.43. The third-order valence-corrected chi connectivity index (χ3v) is 1.76. The molecule has 0 aromatic heterocycles. The Balaban J connectivity index is 2.47. The zero-order valence-electron chi connectivity index (χ0n) is 5.92. The smallest absolute Gasteiger partial charge is 0.114 e. The predicted octanol–water partition coefficient (Wildman–Crippen LogP) is -2.54. The largest absolute Gasteiger partial charge is 0.394 e. The highest BCUT2D eigenvalue weighted by atomic mass is 16.5. The second-order valence-electron chi connectivity index (χ2n) is 2.61. The van der Waals surface area contributed by atoms with E-state index in [9.17, 15) is 0 Å². The molecule has 1 saturated heterocycles. The highest BCUT2D eigenvalue weighted by Crippen LogP contribution is 2.16. The molecule has 66 valence electrons. The van der Waals surface area contributed by atoms with Crippen molar-refractivity contribution in [2.45, 2.75) is 24.4 Å². The first-order valence-corrected chi connectivity index (χ1v) is 3.43. The van der Waals surface area contributed by atoms with E-state index in [2.05, 4.69) is 0 Å². The average molecular weight is 164 g/mol. The summed E-state index contributed by atoms with van der Waals surface area (Å²) in [5.74, 6) is 0. The summed E-state index contributed by atoms with van der Waals surface area (Å²) < 4.78 is 4.82. The van der Waals surface area contributed by atoms with E-state index in [0.29, 0.717) is 0 Å². The van der Waals surface area contributed by atoms with Gasteiger partial charge in [-0.2, -0.15) is 0 Å². The molecule has 1 unspecified atom stereocenters. The Kier molecular flexibility index (Phi) is 2.80. The van der Waals surface area contributed by atoms with E-state index in [1.807, 2.05) is 0 Å². The summed E-state index contributed by atoms with van der Waals surface area (Å²) >= 11 is 0. The fraction of sp³-hybridized carbons (Fsp3) is 1.00. The third-order valence-electron chi connectivity index (χ3n) is 1.76. The zero-order valence-corrected chi connectivity index (χ0v) is 5.92. The molecule has 0 aliphatic carbocycles.